The Kier molecular flexibility index (Phi) is 7.10. The lowest BCUT2D eigenvalue weighted by atomic mass is 10.2. The highest BCUT2D eigenvalue weighted by Crippen LogP contribution is 2.19. The van der Waals surface area contributed by atoms with Gasteiger partial charge in [0.05, 0.1) is 11.0 Å². The van der Waals surface area contributed by atoms with Crippen molar-refractivity contribution >= 4 is 26.0 Å². The molecule has 3 heterocycles. The molecule has 33 heavy (non-hydrogen) atoms. The second kappa shape index (κ2) is 9.85. The Morgan fingerprint density at radius 2 is 1.82 bits per heavy atom. The molecule has 2 aliphatic heterocycles. The molecule has 1 N–H and O–H groups in total. The second-order valence-corrected chi connectivity index (χ2v) is 11.6. The van der Waals surface area contributed by atoms with E-state index in [4.69, 9.17) is 4.74 Å². The van der Waals surface area contributed by atoms with Gasteiger partial charge in [0.15, 0.2) is 0 Å². The zero-order valence-electron chi connectivity index (χ0n) is 18.0. The average Bonchev–Trinajstić information content (AvgIpc) is 3.37. The molecule has 12 heteroatoms. The Bertz CT molecular complexity index is 1190. The molecule has 2 saturated heterocycles. The van der Waals surface area contributed by atoms with Crippen molar-refractivity contribution < 1.29 is 26.4 Å². The normalized spacial score (nSPS) is 20.1. The van der Waals surface area contributed by atoms with Gasteiger partial charge in [-0.2, -0.15) is 4.31 Å². The monoisotopic (exact) mass is 494 g/mol. The minimum atomic E-state index is -3.79. The van der Waals surface area contributed by atoms with Crippen LogP contribution in [0.25, 0.3) is 0 Å². The van der Waals surface area contributed by atoms with Crippen LogP contribution in [0, 0.1) is 0 Å². The van der Waals surface area contributed by atoms with E-state index >= 15 is 0 Å². The maximum Gasteiger partial charge on any atom is 0.253 e. The fourth-order valence-electron chi connectivity index (χ4n) is 3.85. The standard InChI is InChI=1S/C21H26N4O6S2/c26-21(24-9-11-25(12-10-24)33(29,30)20-7-2-8-22-16-20)17-4-1-6-19(14-17)32(27,28)23-15-18-5-3-13-31-18/h1-2,4,6-8,14,16,18,23H,3,5,9-13,15H2. The Morgan fingerprint density at radius 3 is 2.48 bits per heavy atom. The highest BCUT2D eigenvalue weighted by molar-refractivity contribution is 7.89. The molecule has 0 radical (unpaired) electrons. The quantitative estimate of drug-likeness (QED) is 0.600. The van der Waals surface area contributed by atoms with Crippen LogP contribution in [0.3, 0.4) is 0 Å². The third-order valence-electron chi connectivity index (χ3n) is 5.71. The molecule has 0 spiro atoms. The van der Waals surface area contributed by atoms with Gasteiger partial charge >= 0.3 is 0 Å². The minimum absolute atomic E-state index is 0.00383. The first-order valence-electron chi connectivity index (χ1n) is 10.7. The van der Waals surface area contributed by atoms with E-state index in [1.807, 2.05) is 0 Å². The first kappa shape index (κ1) is 23.8. The smallest absolute Gasteiger partial charge is 0.253 e. The summed E-state index contributed by atoms with van der Waals surface area (Å²) in [4.78, 5) is 18.5. The maximum absolute atomic E-state index is 13.0. The average molecular weight is 495 g/mol. The van der Waals surface area contributed by atoms with Crippen LogP contribution < -0.4 is 4.72 Å². The number of nitrogens with one attached hydrogen (secondary N) is 1. The van der Waals surface area contributed by atoms with Gasteiger partial charge in [0.2, 0.25) is 20.0 Å². The first-order valence-corrected chi connectivity index (χ1v) is 13.6. The van der Waals surface area contributed by atoms with E-state index < -0.39 is 20.0 Å². The number of rotatable bonds is 7. The molecule has 1 amide bonds. The molecule has 0 bridgehead atoms. The number of carbonyl (C=O) groups excluding carboxylic acids is 1. The van der Waals surface area contributed by atoms with Gasteiger partial charge in [-0.1, -0.05) is 6.07 Å². The van der Waals surface area contributed by atoms with Crippen molar-refractivity contribution in [1.82, 2.24) is 18.9 Å². The summed E-state index contributed by atoms with van der Waals surface area (Å²) >= 11 is 0. The topological polar surface area (TPSA) is 126 Å². The second-order valence-electron chi connectivity index (χ2n) is 7.90. The number of pyridine rings is 1. The number of amides is 1. The van der Waals surface area contributed by atoms with Gasteiger partial charge in [-0.25, -0.2) is 21.6 Å². The van der Waals surface area contributed by atoms with Crippen LogP contribution in [0.1, 0.15) is 23.2 Å². The summed E-state index contributed by atoms with van der Waals surface area (Å²) in [7, 11) is -7.47. The predicted molar refractivity (Wildman–Crippen MR) is 120 cm³/mol. The van der Waals surface area contributed by atoms with Gasteiger partial charge < -0.3 is 9.64 Å². The van der Waals surface area contributed by atoms with E-state index in [-0.39, 0.29) is 60.1 Å². The molecular weight excluding hydrogens is 468 g/mol. The van der Waals surface area contributed by atoms with Crippen molar-refractivity contribution in [2.24, 2.45) is 0 Å². The summed E-state index contributed by atoms with van der Waals surface area (Å²) in [6.07, 6.45) is 4.38. The van der Waals surface area contributed by atoms with E-state index in [0.29, 0.717) is 6.61 Å². The van der Waals surface area contributed by atoms with Crippen LogP contribution in [0.2, 0.25) is 0 Å². The van der Waals surface area contributed by atoms with Gasteiger partial charge in [-0.05, 0) is 43.2 Å². The van der Waals surface area contributed by atoms with Crippen LogP contribution >= 0.6 is 0 Å². The lowest BCUT2D eigenvalue weighted by Crippen LogP contribution is -2.50. The van der Waals surface area contributed by atoms with Gasteiger partial charge in [0, 0.05) is 57.3 Å². The van der Waals surface area contributed by atoms with Crippen LogP contribution in [0.4, 0.5) is 0 Å². The van der Waals surface area contributed by atoms with E-state index in [1.165, 1.54) is 45.9 Å². The molecule has 1 aromatic carbocycles. The summed E-state index contributed by atoms with van der Waals surface area (Å²) < 4.78 is 60.1. The van der Waals surface area contributed by atoms with Gasteiger partial charge in [-0.3, -0.25) is 9.78 Å². The molecular formula is C21H26N4O6S2. The summed E-state index contributed by atoms with van der Waals surface area (Å²) in [5.41, 5.74) is 0.235. The summed E-state index contributed by atoms with van der Waals surface area (Å²) in [5.74, 6) is -0.343. The summed E-state index contributed by atoms with van der Waals surface area (Å²) in [5, 5.41) is 0. The molecule has 1 aromatic heterocycles. The van der Waals surface area contributed by atoms with Crippen molar-refractivity contribution in [3.05, 3.63) is 54.4 Å². The first-order chi connectivity index (χ1) is 15.8. The van der Waals surface area contributed by atoms with E-state index in [9.17, 15) is 21.6 Å². The number of ether oxygens (including phenoxy) is 1. The number of hydrogen-bond donors (Lipinski definition) is 1. The molecule has 4 rings (SSSR count). The fraction of sp³-hybridized carbons (Fsp3) is 0.429. The van der Waals surface area contributed by atoms with Crippen molar-refractivity contribution in [1.29, 1.82) is 0 Å². The fourth-order valence-corrected chi connectivity index (χ4v) is 6.35. The zero-order valence-corrected chi connectivity index (χ0v) is 19.6. The van der Waals surface area contributed by atoms with Crippen molar-refractivity contribution in [2.75, 3.05) is 39.3 Å². The maximum atomic E-state index is 13.0. The number of nitrogens with zero attached hydrogens (tertiary/aromatic N) is 3. The number of aromatic nitrogens is 1. The molecule has 2 fully saturated rings. The van der Waals surface area contributed by atoms with Crippen LogP contribution in [0.5, 0.6) is 0 Å². The summed E-state index contributed by atoms with van der Waals surface area (Å²) in [6, 6.07) is 8.91. The predicted octanol–water partition coefficient (Wildman–Crippen LogP) is 0.686. The Morgan fingerprint density at radius 1 is 1.06 bits per heavy atom. The Balaban J connectivity index is 1.40. The number of benzene rings is 1. The molecule has 0 aliphatic carbocycles. The highest BCUT2D eigenvalue weighted by atomic mass is 32.2. The number of sulfonamides is 2. The summed E-state index contributed by atoms with van der Waals surface area (Å²) in [6.45, 7) is 1.51. The van der Waals surface area contributed by atoms with E-state index in [1.54, 1.807) is 12.1 Å². The lowest BCUT2D eigenvalue weighted by Gasteiger charge is -2.34. The SMILES string of the molecule is O=C(c1cccc(S(=O)(=O)NCC2CCCO2)c1)N1CCN(S(=O)(=O)c2cccnc2)CC1. The van der Waals surface area contributed by atoms with Crippen LogP contribution in [-0.2, 0) is 24.8 Å². The largest absolute Gasteiger partial charge is 0.377 e. The van der Waals surface area contributed by atoms with Crippen molar-refractivity contribution in [2.45, 2.75) is 28.7 Å². The zero-order chi connectivity index (χ0) is 23.5. The molecule has 2 aliphatic rings. The molecule has 10 nitrogen and oxygen atoms in total. The Hall–Kier alpha value is -2.38. The number of hydrogen-bond acceptors (Lipinski definition) is 7. The third kappa shape index (κ3) is 5.41. The van der Waals surface area contributed by atoms with Crippen LogP contribution in [-0.4, -0.2) is 82.4 Å². The third-order valence-corrected chi connectivity index (χ3v) is 9.02. The number of piperazine rings is 1. The van der Waals surface area contributed by atoms with Gasteiger partial charge in [-0.15, -0.1) is 0 Å². The Labute approximate surface area is 193 Å². The van der Waals surface area contributed by atoms with Crippen molar-refractivity contribution in [3.8, 4) is 0 Å². The molecule has 1 atom stereocenters. The van der Waals surface area contributed by atoms with Gasteiger partial charge in [0.1, 0.15) is 4.90 Å². The van der Waals surface area contributed by atoms with Crippen molar-refractivity contribution in [3.63, 3.8) is 0 Å². The van der Waals surface area contributed by atoms with Crippen LogP contribution in [0.15, 0.2) is 58.6 Å². The van der Waals surface area contributed by atoms with E-state index in [2.05, 4.69) is 9.71 Å². The minimum Gasteiger partial charge on any atom is -0.377 e. The highest BCUT2D eigenvalue weighted by Gasteiger charge is 2.31. The number of carbonyl (C=O) groups is 1. The van der Waals surface area contributed by atoms with Gasteiger partial charge in [0.25, 0.3) is 5.91 Å². The lowest BCUT2D eigenvalue weighted by molar-refractivity contribution is 0.0697. The molecule has 1 unspecified atom stereocenters. The molecule has 2 aromatic rings. The molecule has 0 saturated carbocycles. The molecule has 178 valence electrons. The van der Waals surface area contributed by atoms with E-state index in [0.717, 1.165) is 12.8 Å².